The van der Waals surface area contributed by atoms with Gasteiger partial charge in [0.05, 0.1) is 23.8 Å². The summed E-state index contributed by atoms with van der Waals surface area (Å²) in [4.78, 5) is 33.6. The smallest absolute Gasteiger partial charge is 0.339 e. The Hall–Kier alpha value is -5.59. The molecule has 0 atom stereocenters. The van der Waals surface area contributed by atoms with E-state index in [9.17, 15) is 18.0 Å². The first-order valence-corrected chi connectivity index (χ1v) is 12.7. The molecule has 42 heavy (non-hydrogen) atoms. The Labute approximate surface area is 236 Å². The van der Waals surface area contributed by atoms with E-state index in [4.69, 9.17) is 0 Å². The van der Waals surface area contributed by atoms with Crippen molar-refractivity contribution >= 4 is 34.3 Å². The summed E-state index contributed by atoms with van der Waals surface area (Å²) >= 11 is 0. The predicted octanol–water partition coefficient (Wildman–Crippen LogP) is 6.23. The van der Waals surface area contributed by atoms with E-state index in [1.54, 1.807) is 43.6 Å². The Bertz CT molecular complexity index is 1940. The number of amides is 1. The van der Waals surface area contributed by atoms with Crippen molar-refractivity contribution in [3.63, 3.8) is 0 Å². The molecular formula is C29H22F3N9O. The number of aromatic nitrogens is 7. The average molecular weight is 570 g/mol. The zero-order chi connectivity index (χ0) is 29.4. The Morgan fingerprint density at radius 1 is 1.00 bits per heavy atom. The van der Waals surface area contributed by atoms with Crippen LogP contribution in [0.1, 0.15) is 27.0 Å². The number of alkyl halides is 3. The predicted molar refractivity (Wildman–Crippen MR) is 151 cm³/mol. The third kappa shape index (κ3) is 5.27. The molecule has 4 aromatic heterocycles. The summed E-state index contributed by atoms with van der Waals surface area (Å²) in [6.07, 6.45) is 3.05. The van der Waals surface area contributed by atoms with Crippen LogP contribution < -0.4 is 10.6 Å². The molecule has 0 aliphatic carbocycles. The number of aromatic amines is 1. The van der Waals surface area contributed by atoms with Crippen LogP contribution in [-0.2, 0) is 6.18 Å². The van der Waals surface area contributed by atoms with Gasteiger partial charge in [0, 0.05) is 34.9 Å². The first-order chi connectivity index (χ1) is 20.2. The minimum atomic E-state index is -4.65. The highest BCUT2D eigenvalue weighted by Crippen LogP contribution is 2.34. The van der Waals surface area contributed by atoms with Gasteiger partial charge in [-0.25, -0.2) is 24.6 Å². The van der Waals surface area contributed by atoms with Crippen LogP contribution in [-0.4, -0.2) is 40.6 Å². The number of hydrogen-bond donors (Lipinski definition) is 3. The van der Waals surface area contributed by atoms with Gasteiger partial charge in [0.15, 0.2) is 5.65 Å². The second kappa shape index (κ2) is 10.4. The monoisotopic (exact) mass is 569 g/mol. The molecule has 210 valence electrons. The lowest BCUT2D eigenvalue weighted by molar-refractivity contribution is -0.137. The number of anilines is 3. The molecule has 0 spiro atoms. The summed E-state index contributed by atoms with van der Waals surface area (Å²) < 4.78 is 42.4. The van der Waals surface area contributed by atoms with Crippen LogP contribution in [0.15, 0.2) is 79.8 Å². The molecule has 0 saturated heterocycles. The minimum absolute atomic E-state index is 0.118. The van der Waals surface area contributed by atoms with E-state index in [1.165, 1.54) is 29.6 Å². The van der Waals surface area contributed by atoms with Crippen LogP contribution in [0.2, 0.25) is 0 Å². The van der Waals surface area contributed by atoms with Crippen LogP contribution in [0, 0.1) is 13.8 Å². The molecule has 10 nitrogen and oxygen atoms in total. The summed E-state index contributed by atoms with van der Waals surface area (Å²) in [7, 11) is 0. The molecular weight excluding hydrogens is 547 g/mol. The number of nitrogens with one attached hydrogen (secondary N) is 3. The van der Waals surface area contributed by atoms with Gasteiger partial charge in [-0.3, -0.25) is 4.79 Å². The number of benzene rings is 2. The lowest BCUT2D eigenvalue weighted by Gasteiger charge is -2.15. The van der Waals surface area contributed by atoms with Crippen LogP contribution in [0.4, 0.5) is 30.4 Å². The number of nitrogens with zero attached hydrogens (tertiary/aromatic N) is 6. The molecule has 0 saturated carbocycles. The molecule has 6 rings (SSSR count). The number of aryl methyl sites for hydroxylation is 2. The van der Waals surface area contributed by atoms with Crippen molar-refractivity contribution in [1.82, 2.24) is 34.7 Å². The van der Waals surface area contributed by atoms with Gasteiger partial charge in [-0.2, -0.15) is 18.3 Å². The SMILES string of the molecule is Cc1cnn(-c2cc(C(=O)Nc3ccc(C)c(Nc4ncccc4-c4ncnc5[nH]cnc45)c3)cc(C(F)(F)F)c2)c1. The molecule has 0 aliphatic rings. The van der Waals surface area contributed by atoms with E-state index in [-0.39, 0.29) is 11.3 Å². The van der Waals surface area contributed by atoms with Gasteiger partial charge in [0.2, 0.25) is 0 Å². The second-order valence-corrected chi connectivity index (χ2v) is 9.56. The lowest BCUT2D eigenvalue weighted by atomic mass is 10.1. The highest BCUT2D eigenvalue weighted by atomic mass is 19.4. The molecule has 0 unspecified atom stereocenters. The van der Waals surface area contributed by atoms with E-state index < -0.39 is 17.6 Å². The van der Waals surface area contributed by atoms with E-state index in [0.29, 0.717) is 39.6 Å². The van der Waals surface area contributed by atoms with Crippen molar-refractivity contribution in [2.24, 2.45) is 0 Å². The molecule has 0 aliphatic heterocycles. The van der Waals surface area contributed by atoms with Gasteiger partial charge < -0.3 is 15.6 Å². The fourth-order valence-corrected chi connectivity index (χ4v) is 4.42. The Morgan fingerprint density at radius 2 is 1.86 bits per heavy atom. The molecule has 1 amide bonds. The van der Waals surface area contributed by atoms with Crippen molar-refractivity contribution < 1.29 is 18.0 Å². The molecule has 0 fully saturated rings. The Kier molecular flexibility index (Phi) is 6.61. The van der Waals surface area contributed by atoms with Crippen LogP contribution in [0.25, 0.3) is 28.1 Å². The van der Waals surface area contributed by atoms with Crippen LogP contribution in [0.3, 0.4) is 0 Å². The molecule has 0 radical (unpaired) electrons. The number of hydrogen-bond acceptors (Lipinski definition) is 7. The number of pyridine rings is 1. The summed E-state index contributed by atoms with van der Waals surface area (Å²) in [6.45, 7) is 3.64. The highest BCUT2D eigenvalue weighted by molar-refractivity contribution is 6.05. The first kappa shape index (κ1) is 26.6. The minimum Gasteiger partial charge on any atom is -0.339 e. The van der Waals surface area contributed by atoms with Gasteiger partial charge in [0.25, 0.3) is 5.91 Å². The number of carbonyl (C=O) groups excluding carboxylic acids is 1. The van der Waals surface area contributed by atoms with Crippen LogP contribution >= 0.6 is 0 Å². The topological polar surface area (TPSA) is 126 Å². The zero-order valence-electron chi connectivity index (χ0n) is 22.2. The molecule has 4 heterocycles. The molecule has 3 N–H and O–H groups in total. The average Bonchev–Trinajstić information content (AvgIpc) is 3.63. The van der Waals surface area contributed by atoms with Crippen molar-refractivity contribution in [1.29, 1.82) is 0 Å². The number of rotatable bonds is 6. The molecule has 6 aromatic rings. The summed E-state index contributed by atoms with van der Waals surface area (Å²) in [6, 6.07) is 11.9. The van der Waals surface area contributed by atoms with E-state index >= 15 is 0 Å². The van der Waals surface area contributed by atoms with E-state index in [2.05, 4.69) is 40.7 Å². The number of imidazole rings is 1. The number of halogens is 3. The van der Waals surface area contributed by atoms with Gasteiger partial charge in [-0.15, -0.1) is 0 Å². The van der Waals surface area contributed by atoms with Gasteiger partial charge in [0.1, 0.15) is 23.4 Å². The standard InChI is InChI=1S/C29H22F3N9O/c1-16-12-38-41(13-16)21-9-18(8-19(10-21)29(30,31)32)28(42)39-20-6-5-17(2)23(11-20)40-26-22(4-3-7-33-26)24-25-27(36-14-34-24)37-15-35-25/h3-15H,1-2H3,(H,33,40)(H,39,42)(H,34,35,36,37). The Morgan fingerprint density at radius 3 is 2.64 bits per heavy atom. The maximum atomic E-state index is 13.7. The van der Waals surface area contributed by atoms with Gasteiger partial charge in [-0.1, -0.05) is 6.07 Å². The Balaban J connectivity index is 1.31. The largest absolute Gasteiger partial charge is 0.416 e. The van der Waals surface area contributed by atoms with Crippen molar-refractivity contribution in [3.8, 4) is 16.9 Å². The third-order valence-corrected chi connectivity index (χ3v) is 6.51. The van der Waals surface area contributed by atoms with Gasteiger partial charge >= 0.3 is 6.18 Å². The number of carbonyl (C=O) groups is 1. The normalized spacial score (nSPS) is 11.5. The van der Waals surface area contributed by atoms with Crippen LogP contribution in [0.5, 0.6) is 0 Å². The molecule has 2 aromatic carbocycles. The van der Waals surface area contributed by atoms with Crippen molar-refractivity contribution in [3.05, 3.63) is 102 Å². The number of fused-ring (bicyclic) bond motifs is 1. The summed E-state index contributed by atoms with van der Waals surface area (Å²) in [5, 5.41) is 10.1. The maximum absolute atomic E-state index is 13.7. The fraction of sp³-hybridized carbons (Fsp3) is 0.103. The first-order valence-electron chi connectivity index (χ1n) is 12.7. The van der Waals surface area contributed by atoms with Crippen molar-refractivity contribution in [2.75, 3.05) is 10.6 Å². The van der Waals surface area contributed by atoms with E-state index in [1.807, 2.05) is 13.0 Å². The fourth-order valence-electron chi connectivity index (χ4n) is 4.42. The molecule has 13 heteroatoms. The van der Waals surface area contributed by atoms with E-state index in [0.717, 1.165) is 23.3 Å². The summed E-state index contributed by atoms with van der Waals surface area (Å²) in [5.74, 6) is -0.217. The van der Waals surface area contributed by atoms with Crippen molar-refractivity contribution in [2.45, 2.75) is 20.0 Å². The number of H-pyrrole nitrogens is 1. The molecule has 0 bridgehead atoms. The third-order valence-electron chi connectivity index (χ3n) is 6.51. The summed E-state index contributed by atoms with van der Waals surface area (Å²) in [5.41, 5.74) is 4.01. The second-order valence-electron chi connectivity index (χ2n) is 9.56. The zero-order valence-corrected chi connectivity index (χ0v) is 22.2. The quantitative estimate of drug-likeness (QED) is 0.217. The van der Waals surface area contributed by atoms with Gasteiger partial charge in [-0.05, 0) is 67.4 Å². The lowest BCUT2D eigenvalue weighted by Crippen LogP contribution is -2.15. The highest BCUT2D eigenvalue weighted by Gasteiger charge is 2.32. The maximum Gasteiger partial charge on any atom is 0.416 e.